The first-order valence-electron chi connectivity index (χ1n) is 7.24. The Morgan fingerprint density at radius 1 is 1.41 bits per heavy atom. The summed E-state index contributed by atoms with van der Waals surface area (Å²) in [6.45, 7) is 10.4. The molecule has 0 amide bonds. The summed E-state index contributed by atoms with van der Waals surface area (Å²) in [5.74, 6) is 0. The van der Waals surface area contributed by atoms with Crippen LogP contribution in [0.4, 0.5) is 0 Å². The van der Waals surface area contributed by atoms with E-state index in [-0.39, 0.29) is 0 Å². The van der Waals surface area contributed by atoms with Gasteiger partial charge in [0, 0.05) is 24.7 Å². The average molecular weight is 241 g/mol. The molecule has 1 N–H and O–H groups in total. The summed E-state index contributed by atoms with van der Waals surface area (Å²) in [5, 5.41) is 3.59. The van der Waals surface area contributed by atoms with Gasteiger partial charge in [-0.2, -0.15) is 0 Å². The summed E-state index contributed by atoms with van der Waals surface area (Å²) in [4.78, 5) is 5.04. The summed E-state index contributed by atoms with van der Waals surface area (Å²) in [6.07, 6.45) is 3.94. The summed E-state index contributed by atoms with van der Waals surface area (Å²) in [6, 6.07) is 2.01. The Kier molecular flexibility index (Phi) is 6.45. The fourth-order valence-corrected chi connectivity index (χ4v) is 2.93. The molecule has 0 radical (unpaired) electrons. The number of likely N-dealkylation sites (tertiary alicyclic amines) is 1. The van der Waals surface area contributed by atoms with Crippen LogP contribution in [0.1, 0.15) is 40.0 Å². The molecule has 1 fully saturated rings. The molecule has 1 aliphatic rings. The standard InChI is InChI=1S/C14H31N3/c1-6-14(15-7-2)12(3)17(5)11-13-9-8-10-16(13)4/h12-15H,6-11H2,1-5H3. The minimum absolute atomic E-state index is 0.619. The molecule has 0 spiro atoms. The zero-order valence-corrected chi connectivity index (χ0v) is 12.4. The van der Waals surface area contributed by atoms with Crippen molar-refractivity contribution in [1.29, 1.82) is 0 Å². The third kappa shape index (κ3) is 4.23. The molecule has 3 heteroatoms. The molecule has 1 rings (SSSR count). The van der Waals surface area contributed by atoms with Gasteiger partial charge in [-0.1, -0.05) is 13.8 Å². The van der Waals surface area contributed by atoms with Crippen molar-refractivity contribution in [1.82, 2.24) is 15.1 Å². The second-order valence-corrected chi connectivity index (χ2v) is 5.53. The van der Waals surface area contributed by atoms with E-state index in [4.69, 9.17) is 0 Å². The van der Waals surface area contributed by atoms with Crippen molar-refractivity contribution in [3.05, 3.63) is 0 Å². The highest BCUT2D eigenvalue weighted by molar-refractivity contribution is 4.84. The maximum Gasteiger partial charge on any atom is 0.0220 e. The lowest BCUT2D eigenvalue weighted by Gasteiger charge is -2.35. The highest BCUT2D eigenvalue weighted by atomic mass is 15.2. The molecule has 1 saturated heterocycles. The topological polar surface area (TPSA) is 18.5 Å². The molecule has 0 aromatic carbocycles. The van der Waals surface area contributed by atoms with Gasteiger partial charge in [0.2, 0.25) is 0 Å². The van der Waals surface area contributed by atoms with Crippen molar-refractivity contribution in [2.75, 3.05) is 33.7 Å². The number of hydrogen-bond donors (Lipinski definition) is 1. The predicted octanol–water partition coefficient (Wildman–Crippen LogP) is 1.79. The minimum atomic E-state index is 0.619. The molecule has 17 heavy (non-hydrogen) atoms. The number of likely N-dealkylation sites (N-methyl/N-ethyl adjacent to an activating group) is 3. The van der Waals surface area contributed by atoms with E-state index in [0.29, 0.717) is 12.1 Å². The Morgan fingerprint density at radius 3 is 2.59 bits per heavy atom. The van der Waals surface area contributed by atoms with E-state index in [1.54, 1.807) is 0 Å². The van der Waals surface area contributed by atoms with E-state index < -0.39 is 0 Å². The molecular formula is C14H31N3. The van der Waals surface area contributed by atoms with Crippen molar-refractivity contribution in [3.8, 4) is 0 Å². The molecule has 0 aromatic heterocycles. The lowest BCUT2D eigenvalue weighted by atomic mass is 10.1. The van der Waals surface area contributed by atoms with E-state index in [1.165, 1.54) is 32.4 Å². The average Bonchev–Trinajstić information content (AvgIpc) is 2.71. The Bertz CT molecular complexity index is 208. The van der Waals surface area contributed by atoms with Crippen LogP contribution >= 0.6 is 0 Å². The Labute approximate surface area is 108 Å². The van der Waals surface area contributed by atoms with E-state index in [9.17, 15) is 0 Å². The van der Waals surface area contributed by atoms with Crippen LogP contribution in [0.15, 0.2) is 0 Å². The van der Waals surface area contributed by atoms with Crippen LogP contribution in [0.2, 0.25) is 0 Å². The molecule has 3 atom stereocenters. The van der Waals surface area contributed by atoms with Gasteiger partial charge in [-0.15, -0.1) is 0 Å². The smallest absolute Gasteiger partial charge is 0.0220 e. The highest BCUT2D eigenvalue weighted by Crippen LogP contribution is 2.17. The first kappa shape index (κ1) is 14.9. The molecular weight excluding hydrogens is 210 g/mol. The lowest BCUT2D eigenvalue weighted by Crippen LogP contribution is -2.49. The Balaban J connectivity index is 2.41. The van der Waals surface area contributed by atoms with Crippen molar-refractivity contribution in [2.45, 2.75) is 58.2 Å². The Hall–Kier alpha value is -0.120. The van der Waals surface area contributed by atoms with E-state index in [2.05, 4.69) is 50.0 Å². The molecule has 0 saturated carbocycles. The second kappa shape index (κ2) is 7.34. The first-order chi connectivity index (χ1) is 8.10. The van der Waals surface area contributed by atoms with E-state index in [0.717, 1.165) is 12.6 Å². The van der Waals surface area contributed by atoms with Crippen molar-refractivity contribution in [2.24, 2.45) is 0 Å². The lowest BCUT2D eigenvalue weighted by molar-refractivity contribution is 0.156. The fourth-order valence-electron chi connectivity index (χ4n) is 2.93. The summed E-state index contributed by atoms with van der Waals surface area (Å²) < 4.78 is 0. The van der Waals surface area contributed by atoms with Crippen LogP contribution in [0.25, 0.3) is 0 Å². The zero-order valence-electron chi connectivity index (χ0n) is 12.4. The van der Waals surface area contributed by atoms with Gasteiger partial charge in [-0.25, -0.2) is 0 Å². The van der Waals surface area contributed by atoms with Crippen molar-refractivity contribution >= 4 is 0 Å². The summed E-state index contributed by atoms with van der Waals surface area (Å²) in [7, 11) is 4.54. The second-order valence-electron chi connectivity index (χ2n) is 5.53. The maximum absolute atomic E-state index is 3.59. The Morgan fingerprint density at radius 2 is 2.12 bits per heavy atom. The molecule has 1 aliphatic heterocycles. The fraction of sp³-hybridized carbons (Fsp3) is 1.00. The summed E-state index contributed by atoms with van der Waals surface area (Å²) >= 11 is 0. The van der Waals surface area contributed by atoms with Gasteiger partial charge in [-0.05, 0) is 53.4 Å². The van der Waals surface area contributed by atoms with Crippen LogP contribution in [0, 0.1) is 0 Å². The summed E-state index contributed by atoms with van der Waals surface area (Å²) in [5.41, 5.74) is 0. The molecule has 3 unspecified atom stereocenters. The predicted molar refractivity (Wildman–Crippen MR) is 75.5 cm³/mol. The van der Waals surface area contributed by atoms with E-state index in [1.807, 2.05) is 0 Å². The first-order valence-corrected chi connectivity index (χ1v) is 7.24. The largest absolute Gasteiger partial charge is 0.313 e. The van der Waals surface area contributed by atoms with Gasteiger partial charge in [0.15, 0.2) is 0 Å². The number of hydrogen-bond acceptors (Lipinski definition) is 3. The SMILES string of the molecule is CCNC(CC)C(C)N(C)CC1CCCN1C. The van der Waals surface area contributed by atoms with Crippen molar-refractivity contribution < 1.29 is 0 Å². The van der Waals surface area contributed by atoms with Crippen LogP contribution < -0.4 is 5.32 Å². The third-order valence-electron chi connectivity index (χ3n) is 4.35. The zero-order chi connectivity index (χ0) is 12.8. The minimum Gasteiger partial charge on any atom is -0.313 e. The van der Waals surface area contributed by atoms with Gasteiger partial charge < -0.3 is 15.1 Å². The van der Waals surface area contributed by atoms with Crippen molar-refractivity contribution in [3.63, 3.8) is 0 Å². The maximum atomic E-state index is 3.59. The highest BCUT2D eigenvalue weighted by Gasteiger charge is 2.25. The van der Waals surface area contributed by atoms with Gasteiger partial charge in [0.05, 0.1) is 0 Å². The van der Waals surface area contributed by atoms with E-state index >= 15 is 0 Å². The third-order valence-corrected chi connectivity index (χ3v) is 4.35. The molecule has 3 nitrogen and oxygen atoms in total. The molecule has 1 heterocycles. The van der Waals surface area contributed by atoms with Gasteiger partial charge in [-0.3, -0.25) is 0 Å². The molecule has 0 bridgehead atoms. The number of rotatable bonds is 7. The van der Waals surface area contributed by atoms with Gasteiger partial charge in [0.1, 0.15) is 0 Å². The van der Waals surface area contributed by atoms with Crippen LogP contribution in [-0.2, 0) is 0 Å². The van der Waals surface area contributed by atoms with Crippen LogP contribution in [0.5, 0.6) is 0 Å². The molecule has 102 valence electrons. The van der Waals surface area contributed by atoms with Crippen LogP contribution in [-0.4, -0.2) is 61.7 Å². The molecule has 0 aliphatic carbocycles. The monoisotopic (exact) mass is 241 g/mol. The normalized spacial score (nSPS) is 25.4. The van der Waals surface area contributed by atoms with Gasteiger partial charge in [0.25, 0.3) is 0 Å². The molecule has 0 aromatic rings. The quantitative estimate of drug-likeness (QED) is 0.733. The van der Waals surface area contributed by atoms with Crippen LogP contribution in [0.3, 0.4) is 0 Å². The number of nitrogens with one attached hydrogen (secondary N) is 1. The van der Waals surface area contributed by atoms with Gasteiger partial charge >= 0.3 is 0 Å². The number of nitrogens with zero attached hydrogens (tertiary/aromatic N) is 2.